The van der Waals surface area contributed by atoms with Gasteiger partial charge in [-0.3, -0.25) is 14.9 Å². The number of rotatable bonds is 9. The molecule has 0 unspecified atom stereocenters. The van der Waals surface area contributed by atoms with Gasteiger partial charge in [0.05, 0.1) is 11.3 Å². The first-order chi connectivity index (χ1) is 12.0. The van der Waals surface area contributed by atoms with E-state index in [9.17, 15) is 14.9 Å². The molecule has 2 aromatic rings. The summed E-state index contributed by atoms with van der Waals surface area (Å²) < 4.78 is 0. The highest BCUT2D eigenvalue weighted by atomic mass is 16.6. The van der Waals surface area contributed by atoms with Crippen molar-refractivity contribution in [2.75, 3.05) is 20.1 Å². The Labute approximate surface area is 147 Å². The van der Waals surface area contributed by atoms with Gasteiger partial charge in [0.2, 0.25) is 5.91 Å². The van der Waals surface area contributed by atoms with Crippen LogP contribution < -0.4 is 5.32 Å². The molecule has 0 saturated heterocycles. The van der Waals surface area contributed by atoms with Crippen molar-refractivity contribution >= 4 is 11.6 Å². The third-order valence-corrected chi connectivity index (χ3v) is 3.85. The van der Waals surface area contributed by atoms with Gasteiger partial charge in [0.15, 0.2) is 0 Å². The lowest BCUT2D eigenvalue weighted by molar-refractivity contribution is -0.384. The van der Waals surface area contributed by atoms with Crippen LogP contribution in [0.2, 0.25) is 0 Å². The molecule has 2 aromatic carbocycles. The molecule has 1 N–H and O–H groups in total. The first kappa shape index (κ1) is 18.6. The lowest BCUT2D eigenvalue weighted by Crippen LogP contribution is -2.29. The van der Waals surface area contributed by atoms with Crippen LogP contribution in [0.5, 0.6) is 0 Å². The van der Waals surface area contributed by atoms with Crippen LogP contribution in [-0.2, 0) is 17.8 Å². The smallest absolute Gasteiger partial charge is 0.269 e. The van der Waals surface area contributed by atoms with Gasteiger partial charge in [-0.2, -0.15) is 0 Å². The van der Waals surface area contributed by atoms with Crippen LogP contribution in [0.15, 0.2) is 54.6 Å². The van der Waals surface area contributed by atoms with E-state index < -0.39 is 4.92 Å². The van der Waals surface area contributed by atoms with Gasteiger partial charge in [-0.25, -0.2) is 0 Å². The van der Waals surface area contributed by atoms with Crippen LogP contribution in [0.1, 0.15) is 17.5 Å². The molecule has 0 atom stereocenters. The molecule has 6 heteroatoms. The lowest BCUT2D eigenvalue weighted by atomic mass is 10.1. The number of nitrogens with one attached hydrogen (secondary N) is 1. The number of nitrogens with zero attached hydrogens (tertiary/aromatic N) is 2. The van der Waals surface area contributed by atoms with Crippen LogP contribution in [0.3, 0.4) is 0 Å². The Morgan fingerprint density at radius 2 is 1.76 bits per heavy atom. The number of carbonyl (C=O) groups excluding carboxylic acids is 1. The normalized spacial score (nSPS) is 10.6. The Morgan fingerprint density at radius 3 is 2.40 bits per heavy atom. The molecule has 0 aliphatic heterocycles. The molecular formula is C19H23N3O3. The van der Waals surface area contributed by atoms with Crippen molar-refractivity contribution in [3.05, 3.63) is 75.8 Å². The Kier molecular flexibility index (Phi) is 7.10. The second kappa shape index (κ2) is 9.54. The SMILES string of the molecule is CN(CCCNC(=O)Cc1ccc([N+](=O)[O-])cc1)Cc1ccccc1. The molecule has 0 heterocycles. The average Bonchev–Trinajstić information content (AvgIpc) is 2.60. The molecule has 2 rings (SSSR count). The Bertz CT molecular complexity index is 687. The van der Waals surface area contributed by atoms with E-state index in [1.807, 2.05) is 18.2 Å². The fraction of sp³-hybridized carbons (Fsp3) is 0.316. The third kappa shape index (κ3) is 6.73. The monoisotopic (exact) mass is 341 g/mol. The number of hydrogen-bond acceptors (Lipinski definition) is 4. The topological polar surface area (TPSA) is 75.5 Å². The summed E-state index contributed by atoms with van der Waals surface area (Å²) in [6.07, 6.45) is 1.10. The summed E-state index contributed by atoms with van der Waals surface area (Å²) in [7, 11) is 2.06. The molecule has 0 saturated carbocycles. The zero-order valence-corrected chi connectivity index (χ0v) is 14.4. The van der Waals surface area contributed by atoms with Crippen molar-refractivity contribution in [1.82, 2.24) is 10.2 Å². The number of nitro groups is 1. The van der Waals surface area contributed by atoms with Gasteiger partial charge < -0.3 is 10.2 Å². The lowest BCUT2D eigenvalue weighted by Gasteiger charge is -2.16. The molecule has 0 bridgehead atoms. The Morgan fingerprint density at radius 1 is 1.08 bits per heavy atom. The first-order valence-corrected chi connectivity index (χ1v) is 8.27. The van der Waals surface area contributed by atoms with Crippen molar-refractivity contribution in [3.63, 3.8) is 0 Å². The first-order valence-electron chi connectivity index (χ1n) is 8.27. The van der Waals surface area contributed by atoms with Gasteiger partial charge in [0.1, 0.15) is 0 Å². The van der Waals surface area contributed by atoms with E-state index in [4.69, 9.17) is 0 Å². The van der Waals surface area contributed by atoms with E-state index in [0.29, 0.717) is 6.54 Å². The number of nitro benzene ring substituents is 1. The molecule has 132 valence electrons. The molecule has 0 aromatic heterocycles. The summed E-state index contributed by atoms with van der Waals surface area (Å²) in [5.74, 6) is -0.0698. The predicted octanol–water partition coefficient (Wildman–Crippen LogP) is 2.78. The van der Waals surface area contributed by atoms with Crippen LogP contribution in [0, 0.1) is 10.1 Å². The van der Waals surface area contributed by atoms with E-state index in [0.717, 1.165) is 25.1 Å². The summed E-state index contributed by atoms with van der Waals surface area (Å²) in [6.45, 7) is 2.40. The van der Waals surface area contributed by atoms with Gasteiger partial charge in [-0.05, 0) is 31.1 Å². The molecule has 25 heavy (non-hydrogen) atoms. The minimum atomic E-state index is -0.449. The maximum Gasteiger partial charge on any atom is 0.269 e. The fourth-order valence-corrected chi connectivity index (χ4v) is 2.53. The molecule has 0 radical (unpaired) electrons. The Hall–Kier alpha value is -2.73. The van der Waals surface area contributed by atoms with Crippen LogP contribution in [0.4, 0.5) is 5.69 Å². The number of amides is 1. The second-order valence-electron chi connectivity index (χ2n) is 6.03. The quantitative estimate of drug-likeness (QED) is 0.432. The van der Waals surface area contributed by atoms with Crippen molar-refractivity contribution in [1.29, 1.82) is 0 Å². The Balaban J connectivity index is 1.64. The highest BCUT2D eigenvalue weighted by Gasteiger charge is 2.07. The standard InChI is InChI=1S/C19H23N3O3/c1-21(15-17-6-3-2-4-7-17)13-5-12-20-19(23)14-16-8-10-18(11-9-16)22(24)25/h2-4,6-11H,5,12-15H2,1H3,(H,20,23). The summed E-state index contributed by atoms with van der Waals surface area (Å²) in [5, 5.41) is 13.5. The van der Waals surface area contributed by atoms with Crippen molar-refractivity contribution in [3.8, 4) is 0 Å². The van der Waals surface area contributed by atoms with Gasteiger partial charge in [-0.15, -0.1) is 0 Å². The van der Waals surface area contributed by atoms with Gasteiger partial charge in [0, 0.05) is 25.2 Å². The molecule has 0 aliphatic rings. The van der Waals surface area contributed by atoms with E-state index in [1.54, 1.807) is 12.1 Å². The zero-order valence-electron chi connectivity index (χ0n) is 14.4. The van der Waals surface area contributed by atoms with Gasteiger partial charge in [-0.1, -0.05) is 42.5 Å². The predicted molar refractivity (Wildman–Crippen MR) is 97.2 cm³/mol. The highest BCUT2D eigenvalue weighted by molar-refractivity contribution is 5.78. The van der Waals surface area contributed by atoms with E-state index in [1.165, 1.54) is 17.7 Å². The maximum absolute atomic E-state index is 11.9. The second-order valence-corrected chi connectivity index (χ2v) is 6.03. The molecule has 0 aliphatic carbocycles. The van der Waals surface area contributed by atoms with Gasteiger partial charge in [0.25, 0.3) is 5.69 Å². The number of non-ortho nitro benzene ring substituents is 1. The minimum absolute atomic E-state index is 0.0330. The van der Waals surface area contributed by atoms with Crippen molar-refractivity contribution < 1.29 is 9.72 Å². The van der Waals surface area contributed by atoms with Crippen LogP contribution in [0.25, 0.3) is 0 Å². The molecule has 0 fully saturated rings. The molecule has 0 spiro atoms. The van der Waals surface area contributed by atoms with Crippen molar-refractivity contribution in [2.24, 2.45) is 0 Å². The van der Waals surface area contributed by atoms with Crippen molar-refractivity contribution in [2.45, 2.75) is 19.4 Å². The number of carbonyl (C=O) groups is 1. The molecule has 6 nitrogen and oxygen atoms in total. The van der Waals surface area contributed by atoms with Crippen LogP contribution in [-0.4, -0.2) is 35.9 Å². The van der Waals surface area contributed by atoms with E-state index in [2.05, 4.69) is 29.4 Å². The van der Waals surface area contributed by atoms with E-state index >= 15 is 0 Å². The highest BCUT2D eigenvalue weighted by Crippen LogP contribution is 2.12. The summed E-state index contributed by atoms with van der Waals surface area (Å²) in [4.78, 5) is 24.3. The molecular weight excluding hydrogens is 318 g/mol. The largest absolute Gasteiger partial charge is 0.356 e. The summed E-state index contributed by atoms with van der Waals surface area (Å²) in [6, 6.07) is 16.3. The summed E-state index contributed by atoms with van der Waals surface area (Å²) >= 11 is 0. The maximum atomic E-state index is 11.9. The number of benzene rings is 2. The molecule has 1 amide bonds. The van der Waals surface area contributed by atoms with E-state index in [-0.39, 0.29) is 18.0 Å². The third-order valence-electron chi connectivity index (χ3n) is 3.85. The average molecular weight is 341 g/mol. The fourth-order valence-electron chi connectivity index (χ4n) is 2.53. The zero-order chi connectivity index (χ0) is 18.1. The minimum Gasteiger partial charge on any atom is -0.356 e. The summed E-state index contributed by atoms with van der Waals surface area (Å²) in [5.41, 5.74) is 2.07. The number of hydrogen-bond donors (Lipinski definition) is 1. The van der Waals surface area contributed by atoms with Gasteiger partial charge >= 0.3 is 0 Å². The van der Waals surface area contributed by atoms with Crippen LogP contribution >= 0.6 is 0 Å².